The molecule has 1 atom stereocenters. The van der Waals surface area contributed by atoms with Crippen LogP contribution in [0, 0.1) is 5.92 Å². The van der Waals surface area contributed by atoms with Gasteiger partial charge in [-0.3, -0.25) is 4.79 Å². The first-order chi connectivity index (χ1) is 17.9. The molecule has 1 amide bonds. The van der Waals surface area contributed by atoms with Crippen molar-refractivity contribution in [3.8, 4) is 22.6 Å². The third-order valence-corrected chi connectivity index (χ3v) is 6.72. The number of nitrogens with zero attached hydrogens (tertiary/aromatic N) is 1. The van der Waals surface area contributed by atoms with Gasteiger partial charge in [0.05, 0.1) is 33.0 Å². The summed E-state index contributed by atoms with van der Waals surface area (Å²) in [5, 5.41) is 6.82. The van der Waals surface area contributed by atoms with E-state index in [2.05, 4.69) is 10.5 Å². The Morgan fingerprint density at radius 1 is 0.919 bits per heavy atom. The lowest BCUT2D eigenvalue weighted by Crippen LogP contribution is -2.47. The number of hydrogen-bond acceptors (Lipinski definition) is 8. The normalized spacial score (nSPS) is 18.5. The fourth-order valence-electron chi connectivity index (χ4n) is 4.72. The van der Waals surface area contributed by atoms with Crippen molar-refractivity contribution in [2.24, 2.45) is 11.1 Å². The second kappa shape index (κ2) is 13.6. The number of carbonyl (C=O) groups is 2. The minimum absolute atomic E-state index is 0.0697. The summed E-state index contributed by atoms with van der Waals surface area (Å²) in [5.41, 5.74) is 2.86. The molecule has 37 heavy (non-hydrogen) atoms. The van der Waals surface area contributed by atoms with Gasteiger partial charge in [0.2, 0.25) is 0 Å². The number of hydrogen-bond donors (Lipinski definition) is 1. The number of methoxy groups -OCH3 is 4. The SMILES string of the molecule is CON=C(C(=O)N[C@@H](Cc1ccc(-c2c(OC)cccc2OC)cc1)C(=O)OC)C1CCC(OC)CC1. The van der Waals surface area contributed by atoms with Gasteiger partial charge >= 0.3 is 5.97 Å². The van der Waals surface area contributed by atoms with E-state index in [-0.39, 0.29) is 24.2 Å². The molecule has 0 heterocycles. The van der Waals surface area contributed by atoms with Gasteiger partial charge in [-0.05, 0) is 48.9 Å². The van der Waals surface area contributed by atoms with Crippen molar-refractivity contribution in [1.29, 1.82) is 0 Å². The predicted molar refractivity (Wildman–Crippen MR) is 140 cm³/mol. The topological polar surface area (TPSA) is 105 Å². The first kappa shape index (κ1) is 28.0. The summed E-state index contributed by atoms with van der Waals surface area (Å²) in [6, 6.07) is 12.4. The Morgan fingerprint density at radius 2 is 1.54 bits per heavy atom. The van der Waals surface area contributed by atoms with Crippen LogP contribution in [0.3, 0.4) is 0 Å². The molecular weight excluding hydrogens is 476 g/mol. The van der Waals surface area contributed by atoms with Crippen molar-refractivity contribution in [3.05, 3.63) is 48.0 Å². The molecule has 9 nitrogen and oxygen atoms in total. The summed E-state index contributed by atoms with van der Waals surface area (Å²) in [6.45, 7) is 0. The van der Waals surface area contributed by atoms with Gasteiger partial charge in [0, 0.05) is 19.4 Å². The molecule has 0 radical (unpaired) electrons. The van der Waals surface area contributed by atoms with Crippen LogP contribution in [0.25, 0.3) is 11.1 Å². The summed E-state index contributed by atoms with van der Waals surface area (Å²) < 4.78 is 21.4. The van der Waals surface area contributed by atoms with Crippen LogP contribution in [0.1, 0.15) is 31.2 Å². The summed E-state index contributed by atoms with van der Waals surface area (Å²) in [4.78, 5) is 30.8. The van der Waals surface area contributed by atoms with E-state index in [0.29, 0.717) is 11.5 Å². The molecule has 1 aliphatic rings. The summed E-state index contributed by atoms with van der Waals surface area (Å²) in [6.07, 6.45) is 3.61. The number of nitrogens with one attached hydrogen (secondary N) is 1. The Balaban J connectivity index is 1.76. The van der Waals surface area contributed by atoms with Crippen LogP contribution in [0.5, 0.6) is 11.5 Å². The van der Waals surface area contributed by atoms with Crippen LogP contribution in [0.2, 0.25) is 0 Å². The average molecular weight is 513 g/mol. The standard InChI is InChI=1S/C28H36N2O7/c1-33-21-15-13-20(14-16-21)26(30-37-5)27(31)29-22(28(32)36-4)17-18-9-11-19(12-10-18)25-23(34-2)7-6-8-24(25)35-3/h6-12,20-22H,13-17H2,1-5H3,(H,29,31)/t20?,21?,22-/m0/s1. The Labute approximate surface area is 218 Å². The first-order valence-electron chi connectivity index (χ1n) is 12.3. The molecule has 2 aromatic carbocycles. The van der Waals surface area contributed by atoms with E-state index in [1.807, 2.05) is 42.5 Å². The second-order valence-electron chi connectivity index (χ2n) is 8.86. The quantitative estimate of drug-likeness (QED) is 0.278. The molecule has 0 aliphatic heterocycles. The molecule has 0 unspecified atom stereocenters. The van der Waals surface area contributed by atoms with E-state index in [0.717, 1.165) is 42.4 Å². The lowest BCUT2D eigenvalue weighted by Gasteiger charge is -2.28. The minimum Gasteiger partial charge on any atom is -0.496 e. The van der Waals surface area contributed by atoms with Crippen LogP contribution in [-0.2, 0) is 30.3 Å². The van der Waals surface area contributed by atoms with Gasteiger partial charge in [-0.15, -0.1) is 0 Å². The molecule has 1 N–H and O–H groups in total. The minimum atomic E-state index is -0.887. The maximum Gasteiger partial charge on any atom is 0.328 e. The molecule has 0 saturated heterocycles. The maximum absolute atomic E-state index is 13.2. The predicted octanol–water partition coefficient (Wildman–Crippen LogP) is 3.78. The van der Waals surface area contributed by atoms with Crippen molar-refractivity contribution >= 4 is 17.6 Å². The highest BCUT2D eigenvalue weighted by atomic mass is 16.6. The van der Waals surface area contributed by atoms with Gasteiger partial charge in [-0.1, -0.05) is 35.5 Å². The lowest BCUT2D eigenvalue weighted by atomic mass is 9.84. The first-order valence-corrected chi connectivity index (χ1v) is 12.3. The van der Waals surface area contributed by atoms with Crippen LogP contribution in [0.15, 0.2) is 47.6 Å². The Morgan fingerprint density at radius 3 is 2.05 bits per heavy atom. The Hall–Kier alpha value is -3.59. The summed E-state index contributed by atoms with van der Waals surface area (Å²) >= 11 is 0. The van der Waals surface area contributed by atoms with Gasteiger partial charge in [0.25, 0.3) is 5.91 Å². The number of oxime groups is 1. The molecule has 2 aromatic rings. The summed E-state index contributed by atoms with van der Waals surface area (Å²) in [7, 11) is 7.63. The highest BCUT2D eigenvalue weighted by Crippen LogP contribution is 2.38. The number of esters is 1. The molecule has 1 fully saturated rings. The fourth-order valence-corrected chi connectivity index (χ4v) is 4.72. The smallest absolute Gasteiger partial charge is 0.328 e. The number of ether oxygens (including phenoxy) is 4. The van der Waals surface area contributed by atoms with Crippen LogP contribution < -0.4 is 14.8 Å². The van der Waals surface area contributed by atoms with Crippen molar-refractivity contribution < 1.29 is 33.4 Å². The molecule has 0 aromatic heterocycles. The zero-order valence-corrected chi connectivity index (χ0v) is 22.1. The zero-order valence-electron chi connectivity index (χ0n) is 22.1. The van der Waals surface area contributed by atoms with Crippen LogP contribution >= 0.6 is 0 Å². The molecule has 200 valence electrons. The molecule has 3 rings (SSSR count). The van der Waals surface area contributed by atoms with Gasteiger partial charge in [0.15, 0.2) is 0 Å². The highest BCUT2D eigenvalue weighted by Gasteiger charge is 2.32. The summed E-state index contributed by atoms with van der Waals surface area (Å²) in [5.74, 6) is 0.338. The van der Waals surface area contributed by atoms with E-state index in [9.17, 15) is 9.59 Å². The largest absolute Gasteiger partial charge is 0.496 e. The Kier molecular flexibility index (Phi) is 10.3. The van der Waals surface area contributed by atoms with Gasteiger partial charge in [-0.25, -0.2) is 4.79 Å². The number of carbonyl (C=O) groups excluding carboxylic acids is 2. The van der Waals surface area contributed by atoms with Crippen LogP contribution in [0.4, 0.5) is 0 Å². The molecule has 1 aliphatic carbocycles. The molecule has 9 heteroatoms. The third kappa shape index (κ3) is 7.01. The maximum atomic E-state index is 13.2. The fraction of sp³-hybridized carbons (Fsp3) is 0.464. The second-order valence-corrected chi connectivity index (χ2v) is 8.86. The third-order valence-electron chi connectivity index (χ3n) is 6.72. The lowest BCUT2D eigenvalue weighted by molar-refractivity contribution is -0.144. The van der Waals surface area contributed by atoms with E-state index in [4.69, 9.17) is 23.8 Å². The number of amides is 1. The van der Waals surface area contributed by atoms with Gasteiger partial charge in [-0.2, -0.15) is 0 Å². The van der Waals surface area contributed by atoms with Crippen LogP contribution in [-0.4, -0.2) is 65.3 Å². The van der Waals surface area contributed by atoms with E-state index in [1.54, 1.807) is 21.3 Å². The van der Waals surface area contributed by atoms with Crippen molar-refractivity contribution in [3.63, 3.8) is 0 Å². The monoisotopic (exact) mass is 512 g/mol. The number of benzene rings is 2. The molecular formula is C28H36N2O7. The van der Waals surface area contributed by atoms with E-state index >= 15 is 0 Å². The Bertz CT molecular complexity index is 1050. The number of rotatable bonds is 11. The van der Waals surface area contributed by atoms with Crippen molar-refractivity contribution in [1.82, 2.24) is 5.32 Å². The molecule has 0 bridgehead atoms. The van der Waals surface area contributed by atoms with E-state index in [1.165, 1.54) is 14.2 Å². The average Bonchev–Trinajstić information content (AvgIpc) is 2.95. The zero-order chi connectivity index (χ0) is 26.8. The van der Waals surface area contributed by atoms with Gasteiger partial charge in [0.1, 0.15) is 30.4 Å². The van der Waals surface area contributed by atoms with Crippen molar-refractivity contribution in [2.45, 2.75) is 44.2 Å². The van der Waals surface area contributed by atoms with E-state index < -0.39 is 17.9 Å². The molecule has 0 spiro atoms. The van der Waals surface area contributed by atoms with Gasteiger partial charge < -0.3 is 29.1 Å². The highest BCUT2D eigenvalue weighted by molar-refractivity contribution is 6.39. The van der Waals surface area contributed by atoms with Crippen molar-refractivity contribution in [2.75, 3.05) is 35.5 Å². The molecule has 1 saturated carbocycles.